The molecule has 0 radical (unpaired) electrons. The van der Waals surface area contributed by atoms with Gasteiger partial charge in [0, 0.05) is 12.1 Å². The summed E-state index contributed by atoms with van der Waals surface area (Å²) in [6.45, 7) is 2.33. The second kappa shape index (κ2) is 9.49. The van der Waals surface area contributed by atoms with Crippen molar-refractivity contribution < 1.29 is 9.18 Å². The summed E-state index contributed by atoms with van der Waals surface area (Å²) in [5, 5.41) is 2.89. The van der Waals surface area contributed by atoms with Gasteiger partial charge in [-0.15, -0.1) is 0 Å². The fourth-order valence-corrected chi connectivity index (χ4v) is 3.14. The van der Waals surface area contributed by atoms with Gasteiger partial charge >= 0.3 is 0 Å². The molecule has 0 unspecified atom stereocenters. The Labute approximate surface area is 139 Å². The topological polar surface area (TPSA) is 29.1 Å². The molecule has 1 aliphatic carbocycles. The molecule has 3 heteroatoms. The lowest BCUT2D eigenvalue weighted by Gasteiger charge is -2.19. The van der Waals surface area contributed by atoms with E-state index in [4.69, 9.17) is 0 Å². The molecule has 0 aromatic heterocycles. The Morgan fingerprint density at radius 1 is 1.26 bits per heavy atom. The first-order valence-electron chi connectivity index (χ1n) is 8.86. The minimum Gasteiger partial charge on any atom is -0.352 e. The Hall–Kier alpha value is -1.64. The Kier molecular flexibility index (Phi) is 7.31. The molecular weight excluding hydrogens is 289 g/mol. The van der Waals surface area contributed by atoms with E-state index in [1.165, 1.54) is 50.7 Å². The van der Waals surface area contributed by atoms with Crippen molar-refractivity contribution in [2.45, 2.75) is 58.3 Å². The normalized spacial score (nSPS) is 15.9. The predicted molar refractivity (Wildman–Crippen MR) is 93.0 cm³/mol. The highest BCUT2D eigenvalue weighted by molar-refractivity contribution is 5.94. The van der Waals surface area contributed by atoms with Crippen molar-refractivity contribution in [3.05, 3.63) is 47.3 Å². The number of aryl methyl sites for hydroxylation is 1. The summed E-state index contributed by atoms with van der Waals surface area (Å²) in [6.07, 6.45) is 14.7. The summed E-state index contributed by atoms with van der Waals surface area (Å²) < 4.78 is 13.2. The Morgan fingerprint density at radius 3 is 2.78 bits per heavy atom. The van der Waals surface area contributed by atoms with Crippen LogP contribution in [0.15, 0.2) is 30.4 Å². The van der Waals surface area contributed by atoms with Crippen molar-refractivity contribution in [1.29, 1.82) is 0 Å². The van der Waals surface area contributed by atoms with Crippen molar-refractivity contribution >= 4 is 5.91 Å². The number of nitrogens with one attached hydrogen (secondary N) is 1. The van der Waals surface area contributed by atoms with Gasteiger partial charge in [0.15, 0.2) is 0 Å². The molecule has 1 aromatic rings. The lowest BCUT2D eigenvalue weighted by molar-refractivity contribution is 0.0953. The average Bonchev–Trinajstić information content (AvgIpc) is 2.57. The number of allylic oxidation sites excluding steroid dienone is 2. The summed E-state index contributed by atoms with van der Waals surface area (Å²) in [5.74, 6) is 0.491. The number of hydrogen-bond donors (Lipinski definition) is 1. The van der Waals surface area contributed by atoms with Gasteiger partial charge in [0.25, 0.3) is 5.91 Å². The number of carbonyl (C=O) groups is 1. The zero-order valence-corrected chi connectivity index (χ0v) is 14.1. The van der Waals surface area contributed by atoms with E-state index in [9.17, 15) is 9.18 Å². The standard InChI is InChI=1S/C20H28FNO/c1-16-15-18(12-13-19(16)21)20(23)22-14-8-3-2-5-9-17-10-6-4-7-11-17/h2,5,12-13,15,17H,3-4,6-11,14H2,1H3,(H,22,23)/b5-2+. The molecule has 0 spiro atoms. The van der Waals surface area contributed by atoms with Gasteiger partial charge in [-0.25, -0.2) is 4.39 Å². The maximum absolute atomic E-state index is 13.2. The van der Waals surface area contributed by atoms with Crippen LogP contribution in [0.5, 0.6) is 0 Å². The van der Waals surface area contributed by atoms with E-state index >= 15 is 0 Å². The first-order chi connectivity index (χ1) is 11.2. The summed E-state index contributed by atoms with van der Waals surface area (Å²) >= 11 is 0. The Balaban J connectivity index is 1.59. The number of halogens is 1. The van der Waals surface area contributed by atoms with E-state index in [0.29, 0.717) is 17.7 Å². The van der Waals surface area contributed by atoms with Gasteiger partial charge < -0.3 is 5.32 Å². The van der Waals surface area contributed by atoms with Gasteiger partial charge in [-0.2, -0.15) is 0 Å². The highest BCUT2D eigenvalue weighted by atomic mass is 19.1. The first kappa shape index (κ1) is 17.7. The molecule has 2 nitrogen and oxygen atoms in total. The number of unbranched alkanes of at least 4 members (excludes halogenated alkanes) is 1. The molecule has 0 bridgehead atoms. The monoisotopic (exact) mass is 317 g/mol. The van der Waals surface area contributed by atoms with Crippen molar-refractivity contribution in [3.63, 3.8) is 0 Å². The van der Waals surface area contributed by atoms with Crippen molar-refractivity contribution in [2.75, 3.05) is 6.54 Å². The predicted octanol–water partition coefficient (Wildman–Crippen LogP) is 5.17. The van der Waals surface area contributed by atoms with Crippen molar-refractivity contribution in [2.24, 2.45) is 5.92 Å². The van der Waals surface area contributed by atoms with Crippen LogP contribution < -0.4 is 5.32 Å². The largest absolute Gasteiger partial charge is 0.352 e. The SMILES string of the molecule is Cc1cc(C(=O)NCCC/C=C/CC2CCCCC2)ccc1F. The molecule has 1 amide bonds. The lowest BCUT2D eigenvalue weighted by atomic mass is 9.87. The number of amides is 1. The van der Waals surface area contributed by atoms with Crippen LogP contribution >= 0.6 is 0 Å². The molecule has 2 rings (SSSR count). The molecule has 1 saturated carbocycles. The van der Waals surface area contributed by atoms with E-state index in [1.54, 1.807) is 13.0 Å². The van der Waals surface area contributed by atoms with E-state index in [1.807, 2.05) is 0 Å². The molecule has 1 aliphatic rings. The average molecular weight is 317 g/mol. The van der Waals surface area contributed by atoms with Gasteiger partial charge in [0.05, 0.1) is 0 Å². The van der Waals surface area contributed by atoms with Crippen LogP contribution in [-0.4, -0.2) is 12.5 Å². The quantitative estimate of drug-likeness (QED) is 0.545. The second-order valence-corrected chi connectivity index (χ2v) is 6.57. The maximum atomic E-state index is 13.2. The fourth-order valence-electron chi connectivity index (χ4n) is 3.14. The van der Waals surface area contributed by atoms with E-state index in [-0.39, 0.29) is 11.7 Å². The van der Waals surface area contributed by atoms with Gasteiger partial charge in [0.2, 0.25) is 0 Å². The van der Waals surface area contributed by atoms with E-state index < -0.39 is 0 Å². The van der Waals surface area contributed by atoms with Crippen LogP contribution in [0, 0.1) is 18.7 Å². The number of rotatable bonds is 7. The molecule has 126 valence electrons. The van der Waals surface area contributed by atoms with E-state index in [2.05, 4.69) is 17.5 Å². The highest BCUT2D eigenvalue weighted by Gasteiger charge is 2.11. The summed E-state index contributed by atoms with van der Waals surface area (Å²) in [7, 11) is 0. The summed E-state index contributed by atoms with van der Waals surface area (Å²) in [4.78, 5) is 12.0. The molecule has 1 aromatic carbocycles. The number of carbonyl (C=O) groups excluding carboxylic acids is 1. The zero-order valence-electron chi connectivity index (χ0n) is 14.1. The molecule has 1 N–H and O–H groups in total. The fraction of sp³-hybridized carbons (Fsp3) is 0.550. The minimum absolute atomic E-state index is 0.126. The third kappa shape index (κ3) is 6.17. The molecule has 0 atom stereocenters. The van der Waals surface area contributed by atoms with Crippen LogP contribution in [0.3, 0.4) is 0 Å². The Morgan fingerprint density at radius 2 is 2.04 bits per heavy atom. The number of benzene rings is 1. The van der Waals surface area contributed by atoms with Crippen LogP contribution in [0.4, 0.5) is 4.39 Å². The van der Waals surface area contributed by atoms with Crippen molar-refractivity contribution in [1.82, 2.24) is 5.32 Å². The zero-order chi connectivity index (χ0) is 16.5. The molecule has 1 fully saturated rings. The minimum atomic E-state index is -0.273. The van der Waals surface area contributed by atoms with Crippen LogP contribution in [0.1, 0.15) is 67.3 Å². The lowest BCUT2D eigenvalue weighted by Crippen LogP contribution is -2.24. The third-order valence-corrected chi connectivity index (χ3v) is 4.61. The van der Waals surface area contributed by atoms with Crippen LogP contribution in [0.25, 0.3) is 0 Å². The van der Waals surface area contributed by atoms with Crippen LogP contribution in [-0.2, 0) is 0 Å². The van der Waals surface area contributed by atoms with Gasteiger partial charge in [-0.3, -0.25) is 4.79 Å². The van der Waals surface area contributed by atoms with E-state index in [0.717, 1.165) is 18.8 Å². The molecule has 0 saturated heterocycles. The van der Waals surface area contributed by atoms with Gasteiger partial charge in [0.1, 0.15) is 5.82 Å². The third-order valence-electron chi connectivity index (χ3n) is 4.61. The highest BCUT2D eigenvalue weighted by Crippen LogP contribution is 2.26. The second-order valence-electron chi connectivity index (χ2n) is 6.57. The molecule has 23 heavy (non-hydrogen) atoms. The Bertz CT molecular complexity index is 532. The number of hydrogen-bond acceptors (Lipinski definition) is 1. The van der Waals surface area contributed by atoms with Crippen molar-refractivity contribution in [3.8, 4) is 0 Å². The molecule has 0 heterocycles. The first-order valence-corrected chi connectivity index (χ1v) is 8.86. The van der Waals surface area contributed by atoms with Gasteiger partial charge in [-0.1, -0.05) is 44.3 Å². The smallest absolute Gasteiger partial charge is 0.251 e. The van der Waals surface area contributed by atoms with Crippen LogP contribution in [0.2, 0.25) is 0 Å². The summed E-state index contributed by atoms with van der Waals surface area (Å²) in [6, 6.07) is 4.47. The molecule has 0 aliphatic heterocycles. The molecular formula is C20H28FNO. The summed E-state index contributed by atoms with van der Waals surface area (Å²) in [5.41, 5.74) is 1.03. The van der Waals surface area contributed by atoms with Gasteiger partial charge in [-0.05, 0) is 55.9 Å². The maximum Gasteiger partial charge on any atom is 0.251 e.